The Hall–Kier alpha value is -3.61. The van der Waals surface area contributed by atoms with Crippen LogP contribution in [0.5, 0.6) is 11.5 Å². The van der Waals surface area contributed by atoms with Gasteiger partial charge in [0.2, 0.25) is 0 Å². The second-order valence-corrected chi connectivity index (χ2v) is 5.84. The standard InChI is InChI=1S/C21H23N3O4/c1-15(11-16-7-5-4-6-8-16)13-23-24-20(25)14-22-21(26)17-9-10-18(27-2)19(12-17)28-3/h4-13H,14H2,1-3H3,(H,22,26)(H,24,25)/b15-11+,23-13?. The van der Waals surface area contributed by atoms with Gasteiger partial charge in [-0.05, 0) is 36.3 Å². The lowest BCUT2D eigenvalue weighted by atomic mass is 10.1. The van der Waals surface area contributed by atoms with Gasteiger partial charge in [-0.2, -0.15) is 5.10 Å². The summed E-state index contributed by atoms with van der Waals surface area (Å²) in [5.74, 6) is 0.118. The van der Waals surface area contributed by atoms with Crippen LogP contribution in [0.1, 0.15) is 22.8 Å². The van der Waals surface area contributed by atoms with Crippen molar-refractivity contribution in [1.29, 1.82) is 0 Å². The van der Waals surface area contributed by atoms with E-state index in [9.17, 15) is 9.59 Å². The maximum Gasteiger partial charge on any atom is 0.259 e. The number of allylic oxidation sites excluding steroid dienone is 1. The molecule has 0 aliphatic rings. The maximum absolute atomic E-state index is 12.2. The van der Waals surface area contributed by atoms with Crippen LogP contribution in [0, 0.1) is 0 Å². The SMILES string of the molecule is COc1ccc(C(=O)NCC(=O)NN=C/C(C)=C/c2ccccc2)cc1OC. The van der Waals surface area contributed by atoms with Crippen LogP contribution in [-0.2, 0) is 4.79 Å². The third-order valence-corrected chi connectivity index (χ3v) is 3.71. The molecule has 7 nitrogen and oxygen atoms in total. The van der Waals surface area contributed by atoms with Gasteiger partial charge in [0.15, 0.2) is 11.5 Å². The molecule has 0 atom stereocenters. The molecule has 0 radical (unpaired) electrons. The van der Waals surface area contributed by atoms with Crippen LogP contribution in [0.4, 0.5) is 0 Å². The molecule has 146 valence electrons. The normalized spacial score (nSPS) is 11.2. The molecule has 2 amide bonds. The summed E-state index contributed by atoms with van der Waals surface area (Å²) in [6, 6.07) is 14.5. The number of amides is 2. The predicted octanol–water partition coefficient (Wildman–Crippen LogP) is 2.64. The van der Waals surface area contributed by atoms with Crippen LogP contribution in [0.3, 0.4) is 0 Å². The second-order valence-electron chi connectivity index (χ2n) is 5.84. The average molecular weight is 381 g/mol. The Labute approximate surface area is 164 Å². The summed E-state index contributed by atoms with van der Waals surface area (Å²) in [5, 5.41) is 6.42. The number of carbonyl (C=O) groups is 2. The van der Waals surface area contributed by atoms with Crippen molar-refractivity contribution in [3.8, 4) is 11.5 Å². The van der Waals surface area contributed by atoms with Crippen molar-refractivity contribution < 1.29 is 19.1 Å². The van der Waals surface area contributed by atoms with Gasteiger partial charge >= 0.3 is 0 Å². The first-order valence-electron chi connectivity index (χ1n) is 8.59. The van der Waals surface area contributed by atoms with Crippen molar-refractivity contribution in [2.45, 2.75) is 6.92 Å². The first-order valence-corrected chi connectivity index (χ1v) is 8.59. The van der Waals surface area contributed by atoms with Gasteiger partial charge in [0.25, 0.3) is 11.8 Å². The van der Waals surface area contributed by atoms with E-state index in [0.717, 1.165) is 11.1 Å². The Bertz CT molecular complexity index is 876. The van der Waals surface area contributed by atoms with Crippen LogP contribution < -0.4 is 20.2 Å². The topological polar surface area (TPSA) is 89.0 Å². The molecule has 0 unspecified atom stereocenters. The highest BCUT2D eigenvalue weighted by Crippen LogP contribution is 2.27. The van der Waals surface area contributed by atoms with E-state index in [1.54, 1.807) is 24.4 Å². The Morgan fingerprint density at radius 2 is 1.75 bits per heavy atom. The Kier molecular flexibility index (Phi) is 7.77. The molecule has 0 saturated carbocycles. The van der Waals surface area contributed by atoms with Crippen molar-refractivity contribution in [2.24, 2.45) is 5.10 Å². The first-order chi connectivity index (χ1) is 13.5. The lowest BCUT2D eigenvalue weighted by molar-refractivity contribution is -0.120. The van der Waals surface area contributed by atoms with E-state index in [1.165, 1.54) is 14.2 Å². The van der Waals surface area contributed by atoms with Crippen molar-refractivity contribution in [2.75, 3.05) is 20.8 Å². The molecule has 0 aliphatic heterocycles. The predicted molar refractivity (Wildman–Crippen MR) is 109 cm³/mol. The van der Waals surface area contributed by atoms with Crippen LogP contribution >= 0.6 is 0 Å². The molecular formula is C21H23N3O4. The molecular weight excluding hydrogens is 358 g/mol. The number of nitrogens with one attached hydrogen (secondary N) is 2. The minimum absolute atomic E-state index is 0.202. The zero-order valence-electron chi connectivity index (χ0n) is 16.1. The number of carbonyl (C=O) groups excluding carboxylic acids is 2. The molecule has 28 heavy (non-hydrogen) atoms. The third-order valence-electron chi connectivity index (χ3n) is 3.71. The van der Waals surface area contributed by atoms with Gasteiger partial charge in [-0.3, -0.25) is 9.59 Å². The molecule has 0 fully saturated rings. The zero-order valence-corrected chi connectivity index (χ0v) is 16.1. The van der Waals surface area contributed by atoms with E-state index >= 15 is 0 Å². The second kappa shape index (κ2) is 10.5. The number of nitrogens with zero attached hydrogens (tertiary/aromatic N) is 1. The molecule has 2 rings (SSSR count). The van der Waals surface area contributed by atoms with Crippen LogP contribution in [0.25, 0.3) is 6.08 Å². The average Bonchev–Trinajstić information content (AvgIpc) is 2.72. The summed E-state index contributed by atoms with van der Waals surface area (Å²) in [7, 11) is 3.00. The van der Waals surface area contributed by atoms with E-state index < -0.39 is 11.8 Å². The van der Waals surface area contributed by atoms with Gasteiger partial charge in [-0.15, -0.1) is 0 Å². The van der Waals surface area contributed by atoms with Crippen molar-refractivity contribution in [3.05, 3.63) is 65.2 Å². The molecule has 0 spiro atoms. The van der Waals surface area contributed by atoms with Crippen molar-refractivity contribution in [3.63, 3.8) is 0 Å². The van der Waals surface area contributed by atoms with Gasteiger partial charge in [0.1, 0.15) is 0 Å². The fraction of sp³-hybridized carbons (Fsp3) is 0.190. The van der Waals surface area contributed by atoms with Gasteiger partial charge in [-0.1, -0.05) is 36.4 Å². The van der Waals surface area contributed by atoms with Gasteiger partial charge in [0.05, 0.1) is 27.0 Å². The molecule has 0 aliphatic carbocycles. The van der Waals surface area contributed by atoms with Gasteiger partial charge < -0.3 is 14.8 Å². The Morgan fingerprint density at radius 1 is 1.04 bits per heavy atom. The summed E-state index contributed by atoms with van der Waals surface area (Å²) < 4.78 is 10.3. The highest BCUT2D eigenvalue weighted by Gasteiger charge is 2.11. The van der Waals surface area contributed by atoms with Crippen LogP contribution in [0.15, 0.2) is 59.2 Å². The highest BCUT2D eigenvalue weighted by molar-refractivity contribution is 5.97. The molecule has 2 N–H and O–H groups in total. The summed E-state index contributed by atoms with van der Waals surface area (Å²) in [5.41, 5.74) is 4.65. The van der Waals surface area contributed by atoms with Crippen LogP contribution in [-0.4, -0.2) is 38.8 Å². The molecule has 0 bridgehead atoms. The third kappa shape index (κ3) is 6.28. The molecule has 2 aromatic rings. The zero-order chi connectivity index (χ0) is 20.4. The Balaban J connectivity index is 1.83. The first kappa shape index (κ1) is 20.7. The van der Waals surface area contributed by atoms with E-state index in [1.807, 2.05) is 43.3 Å². The number of hydrogen-bond donors (Lipinski definition) is 2. The molecule has 0 heterocycles. The quantitative estimate of drug-likeness (QED) is 0.543. The molecule has 2 aromatic carbocycles. The van der Waals surface area contributed by atoms with Gasteiger partial charge in [0, 0.05) is 5.56 Å². The fourth-order valence-corrected chi connectivity index (χ4v) is 2.34. The highest BCUT2D eigenvalue weighted by atomic mass is 16.5. The van der Waals surface area contributed by atoms with E-state index in [-0.39, 0.29) is 6.54 Å². The summed E-state index contributed by atoms with van der Waals surface area (Å²) in [6.45, 7) is 1.67. The van der Waals surface area contributed by atoms with Crippen LogP contribution in [0.2, 0.25) is 0 Å². The lowest BCUT2D eigenvalue weighted by Gasteiger charge is -2.09. The number of hydrogen-bond acceptors (Lipinski definition) is 5. The number of hydrazone groups is 1. The largest absolute Gasteiger partial charge is 0.493 e. The van der Waals surface area contributed by atoms with E-state index in [2.05, 4.69) is 15.8 Å². The smallest absolute Gasteiger partial charge is 0.259 e. The van der Waals surface area contributed by atoms with E-state index in [4.69, 9.17) is 9.47 Å². The lowest BCUT2D eigenvalue weighted by Crippen LogP contribution is -2.34. The summed E-state index contributed by atoms with van der Waals surface area (Å²) in [4.78, 5) is 24.0. The monoisotopic (exact) mass is 381 g/mol. The number of rotatable bonds is 8. The number of benzene rings is 2. The molecule has 0 aromatic heterocycles. The maximum atomic E-state index is 12.2. The summed E-state index contributed by atoms with van der Waals surface area (Å²) in [6.07, 6.45) is 3.48. The number of methoxy groups -OCH3 is 2. The number of ether oxygens (including phenoxy) is 2. The van der Waals surface area contributed by atoms with E-state index in [0.29, 0.717) is 17.1 Å². The minimum Gasteiger partial charge on any atom is -0.493 e. The minimum atomic E-state index is -0.433. The molecule has 0 saturated heterocycles. The summed E-state index contributed by atoms with van der Waals surface area (Å²) >= 11 is 0. The Morgan fingerprint density at radius 3 is 2.43 bits per heavy atom. The van der Waals surface area contributed by atoms with Crippen molar-refractivity contribution >= 4 is 24.1 Å². The molecule has 7 heteroatoms. The van der Waals surface area contributed by atoms with Crippen molar-refractivity contribution in [1.82, 2.24) is 10.7 Å². The fourth-order valence-electron chi connectivity index (χ4n) is 2.34. The van der Waals surface area contributed by atoms with Gasteiger partial charge in [-0.25, -0.2) is 5.43 Å².